The Bertz CT molecular complexity index is 1010. The first-order chi connectivity index (χ1) is 16.9. The number of hydrogen-bond acceptors (Lipinski definition) is 8. The van der Waals surface area contributed by atoms with Crippen molar-refractivity contribution >= 4 is 23.1 Å². The van der Waals surface area contributed by atoms with Crippen molar-refractivity contribution in [3.05, 3.63) is 17.5 Å². The van der Waals surface area contributed by atoms with Crippen molar-refractivity contribution in [2.75, 3.05) is 31.6 Å². The largest absolute Gasteiger partial charge is 0.473 e. The zero-order chi connectivity index (χ0) is 24.6. The highest BCUT2D eigenvalue weighted by atomic mass is 16.5. The molecule has 1 spiro atoms. The lowest BCUT2D eigenvalue weighted by Crippen LogP contribution is -2.45. The van der Waals surface area contributed by atoms with Gasteiger partial charge in [-0.3, -0.25) is 14.5 Å². The fourth-order valence-corrected chi connectivity index (χ4v) is 6.57. The summed E-state index contributed by atoms with van der Waals surface area (Å²) in [5.41, 5.74) is 6.60. The molecule has 190 valence electrons. The second-order valence-corrected chi connectivity index (χ2v) is 10.9. The van der Waals surface area contributed by atoms with Crippen LogP contribution in [0.1, 0.15) is 83.4 Å². The van der Waals surface area contributed by atoms with Crippen LogP contribution in [0.5, 0.6) is 5.88 Å². The highest BCUT2D eigenvalue weighted by Gasteiger charge is 2.49. The molecule has 8 nitrogen and oxygen atoms in total. The van der Waals surface area contributed by atoms with Crippen LogP contribution in [-0.2, 0) is 9.59 Å². The highest BCUT2D eigenvalue weighted by Crippen LogP contribution is 2.45. The van der Waals surface area contributed by atoms with Gasteiger partial charge in [0.1, 0.15) is 17.7 Å². The number of carbonyl (C=O) groups is 2. The molecule has 0 aromatic carbocycles. The van der Waals surface area contributed by atoms with E-state index >= 15 is 0 Å². The van der Waals surface area contributed by atoms with E-state index in [1.807, 2.05) is 6.07 Å². The predicted octanol–water partition coefficient (Wildman–Crippen LogP) is 3.49. The molecule has 0 radical (unpaired) electrons. The van der Waals surface area contributed by atoms with Gasteiger partial charge in [-0.15, -0.1) is 0 Å². The van der Waals surface area contributed by atoms with Gasteiger partial charge in [-0.25, -0.2) is 4.98 Å². The monoisotopic (exact) mass is 481 g/mol. The van der Waals surface area contributed by atoms with Crippen LogP contribution in [0.15, 0.2) is 11.6 Å². The topological polar surface area (TPSA) is 102 Å². The second kappa shape index (κ2) is 9.88. The van der Waals surface area contributed by atoms with Crippen molar-refractivity contribution in [3.8, 4) is 5.88 Å². The van der Waals surface area contributed by atoms with Crippen molar-refractivity contribution in [2.24, 2.45) is 11.1 Å². The number of allylic oxidation sites excluding steroid dienone is 1. The summed E-state index contributed by atoms with van der Waals surface area (Å²) in [5.74, 6) is 1.64. The molecule has 2 saturated heterocycles. The van der Waals surface area contributed by atoms with Gasteiger partial charge >= 0.3 is 0 Å². The summed E-state index contributed by atoms with van der Waals surface area (Å²) in [5, 5.41) is 0. The van der Waals surface area contributed by atoms with Gasteiger partial charge < -0.3 is 15.4 Å². The number of carbonyl (C=O) groups excluding carboxylic acids is 2. The molecule has 2 N–H and O–H groups in total. The van der Waals surface area contributed by atoms with Gasteiger partial charge in [0.15, 0.2) is 11.6 Å². The van der Waals surface area contributed by atoms with Crippen LogP contribution in [0.3, 0.4) is 0 Å². The summed E-state index contributed by atoms with van der Waals surface area (Å²) in [6.45, 7) is 5.04. The van der Waals surface area contributed by atoms with E-state index < -0.39 is 5.41 Å². The lowest BCUT2D eigenvalue weighted by molar-refractivity contribution is -0.143. The molecule has 0 unspecified atom stereocenters. The minimum atomic E-state index is -0.885. The number of likely N-dealkylation sites (tertiary alicyclic amines) is 1. The third kappa shape index (κ3) is 4.57. The molecule has 1 aromatic heterocycles. The van der Waals surface area contributed by atoms with Gasteiger partial charge in [0.05, 0.1) is 11.1 Å². The van der Waals surface area contributed by atoms with Gasteiger partial charge in [-0.2, -0.15) is 4.98 Å². The normalized spacial score (nSPS) is 30.2. The van der Waals surface area contributed by atoms with Crippen molar-refractivity contribution < 1.29 is 14.3 Å². The molecule has 5 rings (SSSR count). The summed E-state index contributed by atoms with van der Waals surface area (Å²) >= 11 is 0. The van der Waals surface area contributed by atoms with Crippen LogP contribution in [0, 0.1) is 5.41 Å². The number of nitrogens with zero attached hydrogens (tertiary/aromatic N) is 4. The zero-order valence-electron chi connectivity index (χ0n) is 21.2. The smallest absolute Gasteiger partial charge is 0.219 e. The molecular weight excluding hydrogens is 442 g/mol. The van der Waals surface area contributed by atoms with Crippen LogP contribution < -0.4 is 15.4 Å². The van der Waals surface area contributed by atoms with E-state index in [9.17, 15) is 9.59 Å². The minimum Gasteiger partial charge on any atom is -0.473 e. The van der Waals surface area contributed by atoms with E-state index in [-0.39, 0.29) is 17.7 Å². The fraction of sp³-hybridized carbons (Fsp3) is 0.704. The Labute approximate surface area is 208 Å². The summed E-state index contributed by atoms with van der Waals surface area (Å²) < 4.78 is 6.36. The SMILES string of the molecule is C[C@H](Oc1cc(N2CCCC2)nc(C(N)=C2CCC[C@@]3(CCCCC3=O)C2=O)n1)[C@@H]1CCCN1C. The quantitative estimate of drug-likeness (QED) is 0.504. The maximum Gasteiger partial charge on any atom is 0.219 e. The highest BCUT2D eigenvalue weighted by molar-refractivity contribution is 6.17. The third-order valence-electron chi connectivity index (χ3n) is 8.64. The van der Waals surface area contributed by atoms with E-state index in [0.29, 0.717) is 54.7 Å². The van der Waals surface area contributed by atoms with Crippen LogP contribution in [-0.4, -0.2) is 65.3 Å². The molecule has 0 bridgehead atoms. The molecular formula is C27H39N5O3. The van der Waals surface area contributed by atoms with Gasteiger partial charge in [0.25, 0.3) is 0 Å². The minimum absolute atomic E-state index is 0.0232. The molecule has 2 aliphatic carbocycles. The Hall–Kier alpha value is -2.48. The van der Waals surface area contributed by atoms with Gasteiger partial charge in [0.2, 0.25) is 5.88 Å². The number of rotatable bonds is 5. The Kier molecular flexibility index (Phi) is 6.84. The van der Waals surface area contributed by atoms with Crippen LogP contribution in [0.2, 0.25) is 0 Å². The molecule has 2 aliphatic heterocycles. The van der Waals surface area contributed by atoms with Gasteiger partial charge in [0, 0.05) is 37.2 Å². The number of nitrogens with two attached hydrogens (primary N) is 1. The molecule has 3 heterocycles. The van der Waals surface area contributed by atoms with Crippen LogP contribution >= 0.6 is 0 Å². The van der Waals surface area contributed by atoms with Crippen molar-refractivity contribution in [3.63, 3.8) is 0 Å². The standard InChI is InChI=1S/C27H39N5O3/c1-18(20-10-8-14-31(20)2)35-23-17-22(32-15-5-6-16-32)29-26(30-23)24(28)19-9-7-13-27(25(19)34)12-4-3-11-21(27)33/h17-18,20H,3-16,28H2,1-2H3/t18-,20-,27+/m0/s1. The fourth-order valence-electron chi connectivity index (χ4n) is 6.57. The van der Waals surface area contributed by atoms with Crippen molar-refractivity contribution in [1.29, 1.82) is 0 Å². The summed E-state index contributed by atoms with van der Waals surface area (Å²) in [4.78, 5) is 40.7. The van der Waals surface area contributed by atoms with Crippen molar-refractivity contribution in [2.45, 2.75) is 89.7 Å². The Morgan fingerprint density at radius 1 is 1.06 bits per heavy atom. The van der Waals surface area contributed by atoms with Crippen molar-refractivity contribution in [1.82, 2.24) is 14.9 Å². The molecule has 0 amide bonds. The number of aromatic nitrogens is 2. The molecule has 3 atom stereocenters. The average molecular weight is 482 g/mol. The lowest BCUT2D eigenvalue weighted by atomic mass is 9.62. The van der Waals surface area contributed by atoms with Gasteiger partial charge in [-0.05, 0) is 78.3 Å². The second-order valence-electron chi connectivity index (χ2n) is 10.9. The molecule has 4 aliphatic rings. The maximum atomic E-state index is 13.7. The maximum absolute atomic E-state index is 13.7. The Balaban J connectivity index is 1.49. The zero-order valence-corrected chi connectivity index (χ0v) is 21.2. The average Bonchev–Trinajstić information content (AvgIpc) is 3.54. The lowest BCUT2D eigenvalue weighted by Gasteiger charge is -2.38. The first-order valence-corrected chi connectivity index (χ1v) is 13.5. The summed E-state index contributed by atoms with van der Waals surface area (Å²) in [7, 11) is 2.14. The number of Topliss-reactive ketones (excluding diaryl/α,β-unsaturated/α-hetero) is 2. The number of ketones is 2. The first-order valence-electron chi connectivity index (χ1n) is 13.5. The predicted molar refractivity (Wildman–Crippen MR) is 135 cm³/mol. The number of likely N-dealkylation sites (N-methyl/N-ethyl adjacent to an activating group) is 1. The molecule has 4 fully saturated rings. The number of ether oxygens (including phenoxy) is 1. The molecule has 1 aromatic rings. The Morgan fingerprint density at radius 2 is 1.83 bits per heavy atom. The van der Waals surface area contributed by atoms with Crippen LogP contribution in [0.4, 0.5) is 5.82 Å². The number of anilines is 1. The van der Waals surface area contributed by atoms with E-state index in [1.54, 1.807) is 0 Å². The van der Waals surface area contributed by atoms with E-state index in [1.165, 1.54) is 6.42 Å². The summed E-state index contributed by atoms with van der Waals surface area (Å²) in [6.07, 6.45) is 9.40. The van der Waals surface area contributed by atoms with E-state index in [4.69, 9.17) is 20.4 Å². The molecule has 35 heavy (non-hydrogen) atoms. The van der Waals surface area contributed by atoms with E-state index in [0.717, 1.165) is 64.0 Å². The first kappa shape index (κ1) is 24.2. The van der Waals surface area contributed by atoms with Crippen LogP contribution in [0.25, 0.3) is 5.70 Å². The summed E-state index contributed by atoms with van der Waals surface area (Å²) in [6, 6.07) is 2.25. The molecule has 2 saturated carbocycles. The van der Waals surface area contributed by atoms with E-state index in [2.05, 4.69) is 23.8 Å². The number of hydrogen-bond donors (Lipinski definition) is 1. The third-order valence-corrected chi connectivity index (χ3v) is 8.64. The molecule has 8 heteroatoms. The van der Waals surface area contributed by atoms with Gasteiger partial charge in [-0.1, -0.05) is 6.42 Å². The Morgan fingerprint density at radius 3 is 2.54 bits per heavy atom.